The second-order valence-corrected chi connectivity index (χ2v) is 7.87. The minimum Gasteiger partial charge on any atom is -0.504 e. The number of ether oxygens (including phenoxy) is 3. The zero-order chi connectivity index (χ0) is 24.0. The van der Waals surface area contributed by atoms with Crippen LogP contribution in [-0.4, -0.2) is 75.4 Å². The van der Waals surface area contributed by atoms with Crippen LogP contribution in [0.1, 0.15) is 11.1 Å². The Balaban J connectivity index is 1.55. The highest BCUT2D eigenvalue weighted by atomic mass is 35.5. The Bertz CT molecular complexity index is 961. The second kappa shape index (κ2) is 11.5. The Morgan fingerprint density at radius 1 is 1.06 bits per heavy atom. The highest BCUT2D eigenvalue weighted by Gasteiger charge is 2.46. The molecule has 0 aliphatic carbocycles. The summed E-state index contributed by atoms with van der Waals surface area (Å²) < 4.78 is 16.2. The Kier molecular flexibility index (Phi) is 8.67. The van der Waals surface area contributed by atoms with Gasteiger partial charge < -0.3 is 39.7 Å². The molecule has 1 fully saturated rings. The smallest absolute Gasteiger partial charge is 0.331 e. The number of benzene rings is 2. The van der Waals surface area contributed by atoms with E-state index in [1.54, 1.807) is 30.3 Å². The van der Waals surface area contributed by atoms with E-state index in [-0.39, 0.29) is 18.1 Å². The van der Waals surface area contributed by atoms with Crippen LogP contribution >= 0.6 is 11.6 Å². The molecule has 33 heavy (non-hydrogen) atoms. The molecule has 0 amide bonds. The summed E-state index contributed by atoms with van der Waals surface area (Å²) in [6, 6.07) is 11.0. The fourth-order valence-electron chi connectivity index (χ4n) is 3.26. The fourth-order valence-corrected chi connectivity index (χ4v) is 3.39. The van der Waals surface area contributed by atoms with Crippen molar-refractivity contribution in [2.75, 3.05) is 13.2 Å². The maximum Gasteiger partial charge on any atom is 0.331 e. The maximum absolute atomic E-state index is 12.2. The van der Waals surface area contributed by atoms with E-state index >= 15 is 0 Å². The number of phenolic OH excluding ortho intramolecular Hbond substituents is 2. The molecule has 0 radical (unpaired) electrons. The van der Waals surface area contributed by atoms with E-state index in [4.69, 9.17) is 25.8 Å². The number of rotatable bonds is 8. The number of esters is 1. The van der Waals surface area contributed by atoms with Gasteiger partial charge in [0.15, 0.2) is 23.9 Å². The van der Waals surface area contributed by atoms with Gasteiger partial charge in [-0.2, -0.15) is 0 Å². The van der Waals surface area contributed by atoms with Crippen molar-refractivity contribution < 1.29 is 44.5 Å². The first-order valence-electron chi connectivity index (χ1n) is 10.2. The Labute approximate surface area is 195 Å². The molecule has 1 aliphatic heterocycles. The summed E-state index contributed by atoms with van der Waals surface area (Å²) in [6.07, 6.45) is -3.87. The van der Waals surface area contributed by atoms with Crippen LogP contribution in [0, 0.1) is 0 Å². The number of carbonyl (C=O) groups excluding carboxylic acids is 1. The SMILES string of the molecule is O=C(/C=C/c1ccc(Cl)cc1)O[C@H]1[C@H](O)[C@@H](O)[C@H](OCCc2ccc(O)c(O)c2)O[C@@H]1CO. The lowest BCUT2D eigenvalue weighted by atomic mass is 9.99. The molecule has 0 spiro atoms. The number of carbonyl (C=O) groups is 1. The Morgan fingerprint density at radius 2 is 1.79 bits per heavy atom. The predicted octanol–water partition coefficient (Wildman–Crippen LogP) is 1.37. The van der Waals surface area contributed by atoms with E-state index < -0.39 is 43.3 Å². The largest absolute Gasteiger partial charge is 0.504 e. The van der Waals surface area contributed by atoms with E-state index in [1.807, 2.05) is 0 Å². The maximum atomic E-state index is 12.2. The van der Waals surface area contributed by atoms with Crippen molar-refractivity contribution >= 4 is 23.6 Å². The van der Waals surface area contributed by atoms with E-state index in [9.17, 15) is 30.3 Å². The van der Waals surface area contributed by atoms with Gasteiger partial charge >= 0.3 is 5.97 Å². The van der Waals surface area contributed by atoms with Crippen LogP contribution < -0.4 is 0 Å². The molecule has 0 bridgehead atoms. The van der Waals surface area contributed by atoms with Crippen molar-refractivity contribution in [3.8, 4) is 11.5 Å². The van der Waals surface area contributed by atoms with Crippen LogP contribution in [0.5, 0.6) is 11.5 Å². The minimum absolute atomic E-state index is 0.0467. The van der Waals surface area contributed by atoms with Crippen LogP contribution in [0.2, 0.25) is 5.02 Å². The number of halogens is 1. The third-order valence-electron chi connectivity index (χ3n) is 5.07. The summed E-state index contributed by atoms with van der Waals surface area (Å²) in [6.45, 7) is -0.542. The van der Waals surface area contributed by atoms with Crippen LogP contribution in [0.3, 0.4) is 0 Å². The van der Waals surface area contributed by atoms with Crippen molar-refractivity contribution in [1.29, 1.82) is 0 Å². The molecule has 1 saturated heterocycles. The monoisotopic (exact) mass is 480 g/mol. The van der Waals surface area contributed by atoms with Crippen molar-refractivity contribution in [2.24, 2.45) is 0 Å². The van der Waals surface area contributed by atoms with Gasteiger partial charge in [-0.1, -0.05) is 29.8 Å². The average Bonchev–Trinajstić information content (AvgIpc) is 2.80. The molecule has 9 nitrogen and oxygen atoms in total. The van der Waals surface area contributed by atoms with Crippen LogP contribution in [-0.2, 0) is 25.4 Å². The number of aromatic hydroxyl groups is 2. The van der Waals surface area contributed by atoms with Crippen LogP contribution in [0.15, 0.2) is 48.5 Å². The lowest BCUT2D eigenvalue weighted by molar-refractivity contribution is -0.302. The van der Waals surface area contributed by atoms with Gasteiger partial charge in [0, 0.05) is 11.1 Å². The first-order chi connectivity index (χ1) is 15.8. The minimum atomic E-state index is -1.56. The van der Waals surface area contributed by atoms with Gasteiger partial charge in [-0.05, 0) is 47.9 Å². The van der Waals surface area contributed by atoms with Crippen molar-refractivity contribution in [1.82, 2.24) is 0 Å². The molecule has 1 aliphatic rings. The second-order valence-electron chi connectivity index (χ2n) is 7.44. The van der Waals surface area contributed by atoms with Gasteiger partial charge in [-0.3, -0.25) is 0 Å². The van der Waals surface area contributed by atoms with Crippen LogP contribution in [0.25, 0.3) is 6.08 Å². The fraction of sp³-hybridized carbons (Fsp3) is 0.348. The predicted molar refractivity (Wildman–Crippen MR) is 118 cm³/mol. The summed E-state index contributed by atoms with van der Waals surface area (Å²) in [7, 11) is 0. The van der Waals surface area contributed by atoms with Gasteiger partial charge in [0.2, 0.25) is 0 Å². The van der Waals surface area contributed by atoms with Gasteiger partial charge in [0.25, 0.3) is 0 Å². The topological polar surface area (TPSA) is 146 Å². The molecule has 178 valence electrons. The quantitative estimate of drug-likeness (QED) is 0.215. The number of phenols is 2. The van der Waals surface area contributed by atoms with Crippen molar-refractivity contribution in [3.05, 3.63) is 64.7 Å². The van der Waals surface area contributed by atoms with Crippen molar-refractivity contribution in [2.45, 2.75) is 37.1 Å². The number of hydrogen-bond donors (Lipinski definition) is 5. The summed E-state index contributed by atoms with van der Waals surface area (Å²) in [4.78, 5) is 12.2. The highest BCUT2D eigenvalue weighted by molar-refractivity contribution is 6.30. The summed E-state index contributed by atoms with van der Waals surface area (Å²) in [5.41, 5.74) is 1.36. The van der Waals surface area contributed by atoms with E-state index in [0.29, 0.717) is 22.6 Å². The summed E-state index contributed by atoms with van der Waals surface area (Å²) >= 11 is 5.82. The van der Waals surface area contributed by atoms with Gasteiger partial charge in [0.1, 0.15) is 18.3 Å². The molecule has 2 aromatic carbocycles. The summed E-state index contributed by atoms with van der Waals surface area (Å²) in [5, 5.41) is 49.9. The van der Waals surface area contributed by atoms with E-state index in [2.05, 4.69) is 0 Å². The van der Waals surface area contributed by atoms with Crippen LogP contribution in [0.4, 0.5) is 0 Å². The number of aliphatic hydroxyl groups is 3. The van der Waals surface area contributed by atoms with Gasteiger partial charge in [-0.15, -0.1) is 0 Å². The molecule has 0 saturated carbocycles. The molecule has 1 heterocycles. The molecule has 0 unspecified atom stereocenters. The molecule has 3 rings (SSSR count). The summed E-state index contributed by atoms with van der Waals surface area (Å²) in [5.74, 6) is -1.31. The molecule has 5 N–H and O–H groups in total. The van der Waals surface area contributed by atoms with E-state index in [1.165, 1.54) is 18.2 Å². The molecule has 5 atom stereocenters. The zero-order valence-electron chi connectivity index (χ0n) is 17.5. The molecule has 10 heteroatoms. The number of aliphatic hydroxyl groups excluding tert-OH is 3. The van der Waals surface area contributed by atoms with Gasteiger partial charge in [0.05, 0.1) is 13.2 Å². The Hall–Kier alpha value is -2.66. The first kappa shape index (κ1) is 25.0. The molecular weight excluding hydrogens is 456 g/mol. The third-order valence-corrected chi connectivity index (χ3v) is 5.32. The molecule has 0 aromatic heterocycles. The number of hydrogen-bond acceptors (Lipinski definition) is 9. The van der Waals surface area contributed by atoms with Gasteiger partial charge in [-0.25, -0.2) is 4.79 Å². The molecular formula is C23H25ClO9. The third kappa shape index (κ3) is 6.67. The van der Waals surface area contributed by atoms with E-state index in [0.717, 1.165) is 6.08 Å². The highest BCUT2D eigenvalue weighted by Crippen LogP contribution is 2.27. The lowest BCUT2D eigenvalue weighted by Gasteiger charge is -2.41. The average molecular weight is 481 g/mol. The lowest BCUT2D eigenvalue weighted by Crippen LogP contribution is -2.60. The molecule has 2 aromatic rings. The standard InChI is InChI=1S/C23H25ClO9/c24-15-5-1-13(2-6-15)4-8-19(28)33-22-18(12-25)32-23(21(30)20(22)29)31-10-9-14-3-7-16(26)17(27)11-14/h1-8,11,18,20-23,25-27,29-30H,9-10,12H2/b8-4+/t18-,20-,21-,22-,23-/m1/s1. The van der Waals surface area contributed by atoms with Crippen molar-refractivity contribution in [3.63, 3.8) is 0 Å². The Morgan fingerprint density at radius 3 is 2.45 bits per heavy atom. The normalized spacial score (nSPS) is 25.3. The first-order valence-corrected chi connectivity index (χ1v) is 10.6. The zero-order valence-corrected chi connectivity index (χ0v) is 18.2.